The van der Waals surface area contributed by atoms with E-state index in [1.54, 1.807) is 6.20 Å². The number of nitrogens with one attached hydrogen (secondary N) is 1. The van der Waals surface area contributed by atoms with E-state index in [0.29, 0.717) is 10.3 Å². The maximum atomic E-state index is 6.25. The van der Waals surface area contributed by atoms with Crippen LogP contribution in [0.15, 0.2) is 6.20 Å². The van der Waals surface area contributed by atoms with Crippen molar-refractivity contribution in [2.75, 3.05) is 26.4 Å². The third-order valence-corrected chi connectivity index (χ3v) is 4.20. The Morgan fingerprint density at radius 3 is 2.74 bits per heavy atom. The first-order valence-electron chi connectivity index (χ1n) is 6.39. The smallest absolute Gasteiger partial charge is 0.0834 e. The molecule has 0 saturated heterocycles. The van der Waals surface area contributed by atoms with Crippen molar-refractivity contribution in [3.05, 3.63) is 16.9 Å². The average Bonchev–Trinajstić information content (AvgIpc) is 2.69. The molecule has 1 aromatic heterocycles. The quantitative estimate of drug-likeness (QED) is 0.566. The zero-order valence-corrected chi connectivity index (χ0v) is 13.6. The van der Waals surface area contributed by atoms with Gasteiger partial charge in [-0.1, -0.05) is 25.4 Å². The Labute approximate surface area is 124 Å². The predicted molar refractivity (Wildman–Crippen MR) is 83.4 cm³/mol. The van der Waals surface area contributed by atoms with Gasteiger partial charge in [0.2, 0.25) is 0 Å². The summed E-state index contributed by atoms with van der Waals surface area (Å²) in [5.41, 5.74) is 3.82. The van der Waals surface area contributed by atoms with Crippen molar-refractivity contribution in [2.24, 2.45) is 5.84 Å². The molecule has 0 amide bonds. The van der Waals surface area contributed by atoms with Crippen molar-refractivity contribution in [3.63, 3.8) is 0 Å². The van der Waals surface area contributed by atoms with Gasteiger partial charge < -0.3 is 4.90 Å². The van der Waals surface area contributed by atoms with E-state index in [1.807, 2.05) is 30.5 Å². The molecule has 0 saturated carbocycles. The van der Waals surface area contributed by atoms with Gasteiger partial charge in [-0.2, -0.15) is 16.9 Å². The minimum Gasteiger partial charge on any atom is -0.308 e. The first kappa shape index (κ1) is 16.8. The molecule has 0 aromatic carbocycles. The molecule has 0 fully saturated rings. The molecule has 1 rings (SSSR count). The monoisotopic (exact) mass is 305 g/mol. The summed E-state index contributed by atoms with van der Waals surface area (Å²) in [6, 6.07) is 0.0181. The predicted octanol–water partition coefficient (Wildman–Crippen LogP) is 1.74. The largest absolute Gasteiger partial charge is 0.308 e. The second-order valence-electron chi connectivity index (χ2n) is 5.01. The minimum atomic E-state index is 0.0181. The van der Waals surface area contributed by atoms with E-state index in [0.717, 1.165) is 24.5 Å². The van der Waals surface area contributed by atoms with E-state index < -0.39 is 0 Å². The molecule has 7 heteroatoms. The Hall–Kier alpha value is -0.270. The van der Waals surface area contributed by atoms with Crippen LogP contribution in [0.2, 0.25) is 5.02 Å². The first-order valence-corrected chi connectivity index (χ1v) is 7.82. The Morgan fingerprint density at radius 1 is 1.53 bits per heavy atom. The molecule has 19 heavy (non-hydrogen) atoms. The van der Waals surface area contributed by atoms with Crippen LogP contribution in [0.4, 0.5) is 0 Å². The van der Waals surface area contributed by atoms with Crippen LogP contribution in [0.3, 0.4) is 0 Å². The zero-order valence-electron chi connectivity index (χ0n) is 12.1. The highest BCUT2D eigenvalue weighted by molar-refractivity contribution is 7.99. The lowest BCUT2D eigenvalue weighted by molar-refractivity contribution is 0.364. The summed E-state index contributed by atoms with van der Waals surface area (Å²) >= 11 is 8.10. The van der Waals surface area contributed by atoms with Gasteiger partial charge >= 0.3 is 0 Å². The van der Waals surface area contributed by atoms with E-state index in [4.69, 9.17) is 17.4 Å². The van der Waals surface area contributed by atoms with Crippen molar-refractivity contribution in [2.45, 2.75) is 31.7 Å². The highest BCUT2D eigenvalue weighted by Gasteiger charge is 2.19. The molecule has 1 heterocycles. The summed E-state index contributed by atoms with van der Waals surface area (Å²) in [5, 5.41) is 5.57. The fourth-order valence-corrected chi connectivity index (χ4v) is 2.79. The summed E-state index contributed by atoms with van der Waals surface area (Å²) in [4.78, 5) is 2.12. The lowest BCUT2D eigenvalue weighted by Crippen LogP contribution is -2.33. The number of likely N-dealkylation sites (N-methyl/N-ethyl adjacent to an activating group) is 1. The number of halogens is 1. The summed E-state index contributed by atoms with van der Waals surface area (Å²) in [6.07, 6.45) is 1.69. The minimum absolute atomic E-state index is 0.0181. The Balaban J connectivity index is 2.80. The van der Waals surface area contributed by atoms with Crippen molar-refractivity contribution >= 4 is 23.4 Å². The fourth-order valence-electron chi connectivity index (χ4n) is 1.69. The van der Waals surface area contributed by atoms with Gasteiger partial charge in [-0.15, -0.1) is 0 Å². The van der Waals surface area contributed by atoms with Crippen LogP contribution in [0.5, 0.6) is 0 Å². The van der Waals surface area contributed by atoms with Crippen molar-refractivity contribution in [3.8, 4) is 0 Å². The highest BCUT2D eigenvalue weighted by Crippen LogP contribution is 2.26. The molecule has 0 aliphatic carbocycles. The Morgan fingerprint density at radius 2 is 2.21 bits per heavy atom. The fraction of sp³-hybridized carbons (Fsp3) is 0.750. The van der Waals surface area contributed by atoms with Crippen molar-refractivity contribution < 1.29 is 0 Å². The van der Waals surface area contributed by atoms with Gasteiger partial charge in [0.25, 0.3) is 0 Å². The number of thioether (sulfide) groups is 1. The summed E-state index contributed by atoms with van der Waals surface area (Å²) < 4.78 is 1.94. The normalized spacial score (nSPS) is 13.5. The molecular weight excluding hydrogens is 282 g/mol. The van der Waals surface area contributed by atoms with Crippen LogP contribution in [0.25, 0.3) is 0 Å². The second kappa shape index (κ2) is 8.11. The SMILES string of the molecule is CC(C)SCC(NN)c1c(Cl)cnn1CCN(C)C. The van der Waals surface area contributed by atoms with E-state index in [2.05, 4.69) is 29.3 Å². The van der Waals surface area contributed by atoms with Crippen LogP contribution in [-0.4, -0.2) is 46.3 Å². The summed E-state index contributed by atoms with van der Waals surface area (Å²) in [5.74, 6) is 6.55. The first-order chi connectivity index (χ1) is 8.95. The number of hydrogen-bond donors (Lipinski definition) is 2. The maximum absolute atomic E-state index is 6.25. The van der Waals surface area contributed by atoms with Gasteiger partial charge in [0, 0.05) is 12.3 Å². The number of aromatic nitrogens is 2. The van der Waals surface area contributed by atoms with Gasteiger partial charge in [0.1, 0.15) is 0 Å². The van der Waals surface area contributed by atoms with E-state index in [-0.39, 0.29) is 6.04 Å². The lowest BCUT2D eigenvalue weighted by atomic mass is 10.2. The molecular formula is C12H24ClN5S. The third-order valence-electron chi connectivity index (χ3n) is 2.72. The van der Waals surface area contributed by atoms with E-state index in [9.17, 15) is 0 Å². The van der Waals surface area contributed by atoms with Crippen LogP contribution in [0, 0.1) is 0 Å². The molecule has 0 bridgehead atoms. The topological polar surface area (TPSA) is 59.1 Å². The van der Waals surface area contributed by atoms with Gasteiger partial charge in [-0.3, -0.25) is 16.0 Å². The number of rotatable bonds is 8. The number of hydrazine groups is 1. The molecule has 0 radical (unpaired) electrons. The maximum Gasteiger partial charge on any atom is 0.0834 e. The number of nitrogens with zero attached hydrogens (tertiary/aromatic N) is 3. The highest BCUT2D eigenvalue weighted by atomic mass is 35.5. The van der Waals surface area contributed by atoms with Crippen LogP contribution >= 0.6 is 23.4 Å². The molecule has 0 aliphatic heterocycles. The third kappa shape index (κ3) is 5.31. The van der Waals surface area contributed by atoms with Crippen LogP contribution in [-0.2, 0) is 6.54 Å². The number of nitrogens with two attached hydrogens (primary N) is 1. The van der Waals surface area contributed by atoms with Crippen molar-refractivity contribution in [1.29, 1.82) is 0 Å². The Bertz CT molecular complexity index is 380. The van der Waals surface area contributed by atoms with Gasteiger partial charge in [0.15, 0.2) is 0 Å². The zero-order chi connectivity index (χ0) is 14.4. The second-order valence-corrected chi connectivity index (χ2v) is 7.02. The van der Waals surface area contributed by atoms with Gasteiger partial charge in [-0.25, -0.2) is 0 Å². The molecule has 1 aromatic rings. The molecule has 0 aliphatic rings. The summed E-state index contributed by atoms with van der Waals surface area (Å²) in [7, 11) is 4.08. The molecule has 5 nitrogen and oxygen atoms in total. The standard InChI is InChI=1S/C12H24ClN5S/c1-9(2)19-8-11(16-14)12-10(13)7-15-18(12)6-5-17(3)4/h7,9,11,16H,5-6,8,14H2,1-4H3. The van der Waals surface area contributed by atoms with Crippen LogP contribution < -0.4 is 11.3 Å². The van der Waals surface area contributed by atoms with Crippen LogP contribution in [0.1, 0.15) is 25.6 Å². The van der Waals surface area contributed by atoms with Gasteiger partial charge in [0.05, 0.1) is 29.5 Å². The molecule has 0 spiro atoms. The van der Waals surface area contributed by atoms with Gasteiger partial charge in [-0.05, 0) is 19.3 Å². The van der Waals surface area contributed by atoms with E-state index >= 15 is 0 Å². The van der Waals surface area contributed by atoms with E-state index in [1.165, 1.54) is 0 Å². The molecule has 110 valence electrons. The molecule has 1 atom stereocenters. The lowest BCUT2D eigenvalue weighted by Gasteiger charge is -2.20. The summed E-state index contributed by atoms with van der Waals surface area (Å²) in [6.45, 7) is 6.06. The Kier molecular flexibility index (Phi) is 7.17. The molecule has 3 N–H and O–H groups in total. The van der Waals surface area contributed by atoms with Crippen molar-refractivity contribution in [1.82, 2.24) is 20.1 Å². The average molecular weight is 306 g/mol. The molecule has 1 unspecified atom stereocenters. The number of hydrogen-bond acceptors (Lipinski definition) is 5.